The Labute approximate surface area is 112 Å². The zero-order valence-electron chi connectivity index (χ0n) is 12.1. The zero-order valence-corrected chi connectivity index (χ0v) is 12.1. The van der Waals surface area contributed by atoms with Gasteiger partial charge in [-0.3, -0.25) is 0 Å². The van der Waals surface area contributed by atoms with Crippen LogP contribution in [0.4, 0.5) is 0 Å². The number of aliphatic hydroxyl groups excluding tert-OH is 1. The van der Waals surface area contributed by atoms with Crippen molar-refractivity contribution in [2.75, 3.05) is 19.6 Å². The Balaban J connectivity index is 1.77. The summed E-state index contributed by atoms with van der Waals surface area (Å²) in [4.78, 5) is 2.57. The van der Waals surface area contributed by atoms with Crippen LogP contribution in [0.1, 0.15) is 52.4 Å². The minimum Gasteiger partial charge on any atom is -0.393 e. The van der Waals surface area contributed by atoms with E-state index in [0.29, 0.717) is 12.1 Å². The predicted octanol–water partition coefficient (Wildman–Crippen LogP) is 2.00. The molecule has 1 saturated carbocycles. The number of rotatable bonds is 4. The van der Waals surface area contributed by atoms with Crippen molar-refractivity contribution in [1.29, 1.82) is 0 Å². The highest BCUT2D eigenvalue weighted by molar-refractivity contribution is 4.85. The minimum atomic E-state index is -0.0676. The lowest BCUT2D eigenvalue weighted by atomic mass is 9.88. The molecule has 0 aromatic carbocycles. The standard InChI is InChI=1S/C15H30N2O/c1-3-17-9-5-6-13(11-17)12(2)16-14-7-4-8-15(18)10-14/h12-16,18H,3-11H2,1-2H3. The normalized spacial score (nSPS) is 36.5. The molecular weight excluding hydrogens is 224 g/mol. The average molecular weight is 254 g/mol. The van der Waals surface area contributed by atoms with Crippen molar-refractivity contribution in [3.05, 3.63) is 0 Å². The molecule has 0 spiro atoms. The lowest BCUT2D eigenvalue weighted by Crippen LogP contribution is -2.48. The molecule has 0 bridgehead atoms. The third-order valence-electron chi connectivity index (χ3n) is 4.84. The van der Waals surface area contributed by atoms with Crippen LogP contribution >= 0.6 is 0 Å². The molecule has 4 atom stereocenters. The van der Waals surface area contributed by atoms with Crippen LogP contribution in [0.15, 0.2) is 0 Å². The summed E-state index contributed by atoms with van der Waals surface area (Å²) >= 11 is 0. The van der Waals surface area contributed by atoms with Gasteiger partial charge in [-0.2, -0.15) is 0 Å². The van der Waals surface area contributed by atoms with Crippen molar-refractivity contribution in [3.8, 4) is 0 Å². The Morgan fingerprint density at radius 3 is 2.83 bits per heavy atom. The van der Waals surface area contributed by atoms with Gasteiger partial charge in [0.05, 0.1) is 6.10 Å². The van der Waals surface area contributed by atoms with Crippen LogP contribution in [0, 0.1) is 5.92 Å². The van der Waals surface area contributed by atoms with Gasteiger partial charge in [0.2, 0.25) is 0 Å². The van der Waals surface area contributed by atoms with Gasteiger partial charge >= 0.3 is 0 Å². The monoisotopic (exact) mass is 254 g/mol. The van der Waals surface area contributed by atoms with E-state index in [2.05, 4.69) is 24.1 Å². The highest BCUT2D eigenvalue weighted by Crippen LogP contribution is 2.23. The quantitative estimate of drug-likeness (QED) is 0.805. The highest BCUT2D eigenvalue weighted by Gasteiger charge is 2.27. The summed E-state index contributed by atoms with van der Waals surface area (Å²) in [6.45, 7) is 8.32. The van der Waals surface area contributed by atoms with Gasteiger partial charge in [-0.15, -0.1) is 0 Å². The van der Waals surface area contributed by atoms with Crippen LogP contribution in [0.3, 0.4) is 0 Å². The summed E-state index contributed by atoms with van der Waals surface area (Å²) < 4.78 is 0. The SMILES string of the molecule is CCN1CCCC(C(C)NC2CCCC(O)C2)C1. The molecule has 3 nitrogen and oxygen atoms in total. The molecular formula is C15H30N2O. The van der Waals surface area contributed by atoms with E-state index in [1.54, 1.807) is 0 Å². The van der Waals surface area contributed by atoms with E-state index >= 15 is 0 Å². The molecule has 106 valence electrons. The van der Waals surface area contributed by atoms with Crippen molar-refractivity contribution < 1.29 is 5.11 Å². The van der Waals surface area contributed by atoms with Gasteiger partial charge in [-0.25, -0.2) is 0 Å². The van der Waals surface area contributed by atoms with Gasteiger partial charge in [-0.1, -0.05) is 6.92 Å². The average Bonchev–Trinajstić information content (AvgIpc) is 2.39. The Morgan fingerprint density at radius 1 is 1.28 bits per heavy atom. The molecule has 2 fully saturated rings. The molecule has 0 aromatic heterocycles. The van der Waals surface area contributed by atoms with Crippen LogP contribution in [0.2, 0.25) is 0 Å². The first-order valence-corrected chi connectivity index (χ1v) is 7.85. The summed E-state index contributed by atoms with van der Waals surface area (Å²) in [5.41, 5.74) is 0. The van der Waals surface area contributed by atoms with Gasteiger partial charge in [0.1, 0.15) is 0 Å². The Hall–Kier alpha value is -0.120. The molecule has 2 N–H and O–H groups in total. The summed E-state index contributed by atoms with van der Waals surface area (Å²) in [5.74, 6) is 0.790. The third-order valence-corrected chi connectivity index (χ3v) is 4.84. The maximum Gasteiger partial charge on any atom is 0.0555 e. The fourth-order valence-electron chi connectivity index (χ4n) is 3.61. The first-order chi connectivity index (χ1) is 8.69. The molecule has 18 heavy (non-hydrogen) atoms. The predicted molar refractivity (Wildman–Crippen MR) is 75.7 cm³/mol. The van der Waals surface area contributed by atoms with Gasteiger partial charge in [0.15, 0.2) is 0 Å². The van der Waals surface area contributed by atoms with Gasteiger partial charge in [0.25, 0.3) is 0 Å². The fraction of sp³-hybridized carbons (Fsp3) is 1.00. The Morgan fingerprint density at radius 2 is 2.11 bits per heavy atom. The van der Waals surface area contributed by atoms with Crippen molar-refractivity contribution in [2.24, 2.45) is 5.92 Å². The second-order valence-electron chi connectivity index (χ2n) is 6.27. The maximum absolute atomic E-state index is 9.73. The van der Waals surface area contributed by atoms with E-state index in [0.717, 1.165) is 18.8 Å². The summed E-state index contributed by atoms with van der Waals surface area (Å²) in [5, 5.41) is 13.5. The number of hydrogen-bond donors (Lipinski definition) is 2. The van der Waals surface area contributed by atoms with Gasteiger partial charge < -0.3 is 15.3 Å². The van der Waals surface area contributed by atoms with E-state index in [9.17, 15) is 5.11 Å². The second kappa shape index (κ2) is 6.88. The highest BCUT2D eigenvalue weighted by atomic mass is 16.3. The molecule has 2 rings (SSSR count). The van der Waals surface area contributed by atoms with E-state index < -0.39 is 0 Å². The van der Waals surface area contributed by atoms with Crippen LogP contribution in [-0.2, 0) is 0 Å². The maximum atomic E-state index is 9.73. The largest absolute Gasteiger partial charge is 0.393 e. The van der Waals surface area contributed by atoms with Crippen molar-refractivity contribution in [2.45, 2.75) is 70.6 Å². The summed E-state index contributed by atoms with van der Waals surface area (Å²) in [7, 11) is 0. The van der Waals surface area contributed by atoms with Crippen molar-refractivity contribution in [3.63, 3.8) is 0 Å². The molecule has 0 aromatic rings. The smallest absolute Gasteiger partial charge is 0.0555 e. The van der Waals surface area contributed by atoms with Gasteiger partial charge in [0, 0.05) is 18.6 Å². The van der Waals surface area contributed by atoms with Crippen LogP contribution in [0.5, 0.6) is 0 Å². The molecule has 3 heteroatoms. The van der Waals surface area contributed by atoms with Crippen molar-refractivity contribution >= 4 is 0 Å². The molecule has 1 heterocycles. The van der Waals surface area contributed by atoms with Gasteiger partial charge in [-0.05, 0) is 64.5 Å². The molecule has 1 aliphatic carbocycles. The van der Waals surface area contributed by atoms with E-state index in [1.807, 2.05) is 0 Å². The topological polar surface area (TPSA) is 35.5 Å². The van der Waals surface area contributed by atoms with E-state index in [4.69, 9.17) is 0 Å². The Kier molecular flexibility index (Phi) is 5.46. The molecule has 1 saturated heterocycles. The van der Waals surface area contributed by atoms with E-state index in [-0.39, 0.29) is 6.10 Å². The molecule has 0 radical (unpaired) electrons. The summed E-state index contributed by atoms with van der Waals surface area (Å²) in [6, 6.07) is 1.13. The zero-order chi connectivity index (χ0) is 13.0. The second-order valence-corrected chi connectivity index (χ2v) is 6.27. The first kappa shape index (κ1) is 14.3. The number of piperidine rings is 1. The lowest BCUT2D eigenvalue weighted by molar-refractivity contribution is 0.0981. The molecule has 0 amide bonds. The number of likely N-dealkylation sites (tertiary alicyclic amines) is 1. The van der Waals surface area contributed by atoms with E-state index in [1.165, 1.54) is 45.3 Å². The van der Waals surface area contributed by atoms with Crippen LogP contribution in [-0.4, -0.2) is 47.8 Å². The number of nitrogens with zero attached hydrogens (tertiary/aromatic N) is 1. The minimum absolute atomic E-state index is 0.0676. The van der Waals surface area contributed by atoms with Crippen LogP contribution < -0.4 is 5.32 Å². The first-order valence-electron chi connectivity index (χ1n) is 7.85. The molecule has 2 aliphatic rings. The van der Waals surface area contributed by atoms with Crippen molar-refractivity contribution in [1.82, 2.24) is 10.2 Å². The molecule has 4 unspecified atom stereocenters. The number of aliphatic hydroxyl groups is 1. The third kappa shape index (κ3) is 3.94. The lowest BCUT2D eigenvalue weighted by Gasteiger charge is -2.38. The van der Waals surface area contributed by atoms with Crippen LogP contribution in [0.25, 0.3) is 0 Å². The number of hydrogen-bond acceptors (Lipinski definition) is 3. The Bertz CT molecular complexity index is 247. The summed E-state index contributed by atoms with van der Waals surface area (Å²) in [6.07, 6.45) is 7.01. The molecule has 1 aliphatic heterocycles. The number of nitrogens with one attached hydrogen (secondary N) is 1. The fourth-order valence-corrected chi connectivity index (χ4v) is 3.61.